The van der Waals surface area contributed by atoms with Gasteiger partial charge in [0.2, 0.25) is 0 Å². The molecule has 0 heterocycles. The summed E-state index contributed by atoms with van der Waals surface area (Å²) in [6.07, 6.45) is 0. The fourth-order valence-electron chi connectivity index (χ4n) is 1.64. The molecule has 5 nitrogen and oxygen atoms in total. The average molecular weight is 285 g/mol. The largest absolute Gasteiger partial charge is 0.480 e. The lowest BCUT2D eigenvalue weighted by molar-refractivity contribution is -0.138. The first-order chi connectivity index (χ1) is 8.61. The molecule has 0 aromatic heterocycles. The van der Waals surface area contributed by atoms with Crippen molar-refractivity contribution < 1.29 is 14.7 Å². The van der Waals surface area contributed by atoms with E-state index < -0.39 is 17.4 Å². The van der Waals surface area contributed by atoms with Crippen LogP contribution in [0.1, 0.15) is 31.1 Å². The maximum atomic E-state index is 12.4. The molecule has 0 atom stereocenters. The number of benzene rings is 1. The van der Waals surface area contributed by atoms with E-state index in [1.807, 2.05) is 0 Å². The summed E-state index contributed by atoms with van der Waals surface area (Å²) in [4.78, 5) is 24.5. The van der Waals surface area contributed by atoms with Crippen molar-refractivity contribution in [3.8, 4) is 0 Å². The van der Waals surface area contributed by atoms with Crippen LogP contribution in [0, 0.1) is 0 Å². The maximum absolute atomic E-state index is 12.4. The molecule has 0 saturated heterocycles. The van der Waals surface area contributed by atoms with Crippen molar-refractivity contribution in [1.29, 1.82) is 0 Å². The minimum atomic E-state index is -1.07. The highest BCUT2D eigenvalue weighted by Gasteiger charge is 2.29. The summed E-state index contributed by atoms with van der Waals surface area (Å²) in [5.41, 5.74) is 5.66. The second-order valence-corrected chi connectivity index (χ2v) is 5.67. The van der Waals surface area contributed by atoms with Gasteiger partial charge in [-0.1, -0.05) is 11.6 Å². The number of hydrogen-bond acceptors (Lipinski definition) is 3. The minimum absolute atomic E-state index is 0.279. The van der Waals surface area contributed by atoms with Crippen molar-refractivity contribution >= 4 is 29.2 Å². The smallest absolute Gasteiger partial charge is 0.323 e. The number of nitrogen functional groups attached to an aromatic ring is 1. The summed E-state index contributed by atoms with van der Waals surface area (Å²) in [6, 6.07) is 4.48. The van der Waals surface area contributed by atoms with E-state index in [0.717, 1.165) is 0 Å². The molecule has 6 heteroatoms. The number of halogens is 1. The lowest BCUT2D eigenvalue weighted by atomic mass is 10.0. The quantitative estimate of drug-likeness (QED) is 0.834. The minimum Gasteiger partial charge on any atom is -0.480 e. The average Bonchev–Trinajstić information content (AvgIpc) is 2.21. The molecule has 104 valence electrons. The first-order valence-corrected chi connectivity index (χ1v) is 6.09. The van der Waals surface area contributed by atoms with E-state index in [0.29, 0.717) is 10.7 Å². The van der Waals surface area contributed by atoms with Gasteiger partial charge in [0.1, 0.15) is 6.54 Å². The monoisotopic (exact) mass is 284 g/mol. The van der Waals surface area contributed by atoms with Gasteiger partial charge in [0.25, 0.3) is 5.91 Å². The van der Waals surface area contributed by atoms with Crippen molar-refractivity contribution in [3.63, 3.8) is 0 Å². The first kappa shape index (κ1) is 15.3. The molecular formula is C13H17ClN2O3. The van der Waals surface area contributed by atoms with Crippen molar-refractivity contribution in [1.82, 2.24) is 4.90 Å². The molecule has 19 heavy (non-hydrogen) atoms. The van der Waals surface area contributed by atoms with Crippen LogP contribution >= 0.6 is 11.6 Å². The van der Waals surface area contributed by atoms with Crippen molar-refractivity contribution in [2.24, 2.45) is 0 Å². The number of aliphatic carboxylic acids is 1. The fourth-order valence-corrected chi connectivity index (χ4v) is 1.88. The third kappa shape index (κ3) is 4.13. The molecule has 0 aliphatic rings. The second-order valence-electron chi connectivity index (χ2n) is 5.23. The number of carboxylic acids is 1. The van der Waals surface area contributed by atoms with Crippen LogP contribution in [0.3, 0.4) is 0 Å². The van der Waals surface area contributed by atoms with Crippen LogP contribution in [-0.4, -0.2) is 34.0 Å². The molecule has 1 aromatic rings. The Morgan fingerprint density at radius 1 is 1.32 bits per heavy atom. The molecule has 0 aliphatic heterocycles. The molecule has 1 aromatic carbocycles. The zero-order valence-corrected chi connectivity index (χ0v) is 11.9. The van der Waals surface area contributed by atoms with E-state index in [9.17, 15) is 9.59 Å². The van der Waals surface area contributed by atoms with Gasteiger partial charge >= 0.3 is 5.97 Å². The standard InChI is InChI=1S/C13H17ClN2O3/c1-13(2,3)16(7-11(17)18)12(19)8-4-9(14)6-10(15)5-8/h4-6H,7,15H2,1-3H3,(H,17,18). The maximum Gasteiger partial charge on any atom is 0.323 e. The van der Waals surface area contributed by atoms with E-state index in [1.54, 1.807) is 20.8 Å². The Morgan fingerprint density at radius 2 is 1.89 bits per heavy atom. The van der Waals surface area contributed by atoms with Crippen LogP contribution in [0.15, 0.2) is 18.2 Å². The molecule has 0 bridgehead atoms. The predicted octanol–water partition coefficient (Wildman–Crippen LogP) is 2.25. The first-order valence-electron chi connectivity index (χ1n) is 5.71. The molecule has 1 amide bonds. The number of nitrogens with two attached hydrogens (primary N) is 1. The fraction of sp³-hybridized carbons (Fsp3) is 0.385. The Labute approximate surface area is 117 Å². The Balaban J connectivity index is 3.15. The van der Waals surface area contributed by atoms with Crippen LogP contribution in [0.2, 0.25) is 5.02 Å². The summed E-state index contributed by atoms with van der Waals surface area (Å²) in [6.45, 7) is 4.92. The van der Waals surface area contributed by atoms with Gasteiger partial charge in [-0.15, -0.1) is 0 Å². The van der Waals surface area contributed by atoms with E-state index >= 15 is 0 Å². The zero-order chi connectivity index (χ0) is 14.8. The molecular weight excluding hydrogens is 268 g/mol. The highest BCUT2D eigenvalue weighted by atomic mass is 35.5. The van der Waals surface area contributed by atoms with Gasteiger partial charge in [-0.25, -0.2) is 0 Å². The molecule has 0 unspecified atom stereocenters. The third-order valence-corrected chi connectivity index (χ3v) is 2.73. The highest BCUT2D eigenvalue weighted by molar-refractivity contribution is 6.31. The molecule has 0 saturated carbocycles. The zero-order valence-electron chi connectivity index (χ0n) is 11.1. The Hall–Kier alpha value is -1.75. The van der Waals surface area contributed by atoms with Crippen LogP contribution in [0.4, 0.5) is 5.69 Å². The summed E-state index contributed by atoms with van der Waals surface area (Å²) < 4.78 is 0. The number of carbonyl (C=O) groups excluding carboxylic acids is 1. The normalized spacial score (nSPS) is 11.2. The van der Waals surface area contributed by atoms with Gasteiger partial charge in [-0.05, 0) is 39.0 Å². The number of carboxylic acid groups (broad SMARTS) is 1. The molecule has 0 aliphatic carbocycles. The summed E-state index contributed by atoms with van der Waals surface area (Å²) in [5.74, 6) is -1.48. The molecule has 0 spiro atoms. The van der Waals surface area contributed by atoms with Crippen LogP contribution < -0.4 is 5.73 Å². The van der Waals surface area contributed by atoms with Gasteiger partial charge in [0.05, 0.1) is 0 Å². The van der Waals surface area contributed by atoms with Crippen LogP contribution in [0.5, 0.6) is 0 Å². The van der Waals surface area contributed by atoms with Crippen LogP contribution in [0.25, 0.3) is 0 Å². The number of anilines is 1. The number of hydrogen-bond donors (Lipinski definition) is 2. The summed E-state index contributed by atoms with van der Waals surface area (Å²) in [5, 5.41) is 9.25. The van der Waals surface area contributed by atoms with Gasteiger partial charge in [0, 0.05) is 21.8 Å². The molecule has 0 fully saturated rings. The van der Waals surface area contributed by atoms with Crippen molar-refractivity contribution in [3.05, 3.63) is 28.8 Å². The topological polar surface area (TPSA) is 83.6 Å². The Kier molecular flexibility index (Phi) is 4.42. The lowest BCUT2D eigenvalue weighted by Crippen LogP contribution is -2.48. The van der Waals surface area contributed by atoms with E-state index in [1.165, 1.54) is 23.1 Å². The summed E-state index contributed by atoms with van der Waals surface area (Å²) in [7, 11) is 0. The third-order valence-electron chi connectivity index (χ3n) is 2.52. The molecule has 3 N–H and O–H groups in total. The Morgan fingerprint density at radius 3 is 2.32 bits per heavy atom. The van der Waals surface area contributed by atoms with E-state index in [4.69, 9.17) is 22.4 Å². The van der Waals surface area contributed by atoms with Crippen LogP contribution in [-0.2, 0) is 4.79 Å². The lowest BCUT2D eigenvalue weighted by Gasteiger charge is -2.34. The second kappa shape index (κ2) is 5.48. The van der Waals surface area contributed by atoms with Crippen molar-refractivity contribution in [2.45, 2.75) is 26.3 Å². The number of rotatable bonds is 3. The summed E-state index contributed by atoms with van der Waals surface area (Å²) >= 11 is 5.85. The molecule has 0 radical (unpaired) electrons. The van der Waals surface area contributed by atoms with Gasteiger partial charge in [-0.3, -0.25) is 9.59 Å². The highest BCUT2D eigenvalue weighted by Crippen LogP contribution is 2.21. The SMILES string of the molecule is CC(C)(C)N(CC(=O)O)C(=O)c1cc(N)cc(Cl)c1. The van der Waals surface area contributed by atoms with Gasteiger partial charge < -0.3 is 15.7 Å². The number of nitrogens with zero attached hydrogens (tertiary/aromatic N) is 1. The number of amides is 1. The van der Waals surface area contributed by atoms with E-state index in [2.05, 4.69) is 0 Å². The van der Waals surface area contributed by atoms with Gasteiger partial charge in [0.15, 0.2) is 0 Å². The number of carbonyl (C=O) groups is 2. The van der Waals surface area contributed by atoms with E-state index in [-0.39, 0.29) is 12.1 Å². The van der Waals surface area contributed by atoms with Crippen molar-refractivity contribution in [2.75, 3.05) is 12.3 Å². The predicted molar refractivity (Wildman–Crippen MR) is 74.3 cm³/mol. The Bertz CT molecular complexity index is 489. The molecule has 1 rings (SSSR count). The van der Waals surface area contributed by atoms with Gasteiger partial charge in [-0.2, -0.15) is 0 Å².